The zero-order valence-corrected chi connectivity index (χ0v) is 12.7. The fraction of sp³-hybridized carbons (Fsp3) is 0.647. The normalized spacial score (nSPS) is 19.1. The van der Waals surface area contributed by atoms with E-state index in [1.165, 1.54) is 12.8 Å². The molecule has 1 aromatic rings. The first kappa shape index (κ1) is 15.5. The fourth-order valence-corrected chi connectivity index (χ4v) is 3.06. The van der Waals surface area contributed by atoms with Gasteiger partial charge in [0, 0.05) is 6.04 Å². The lowest BCUT2D eigenvalue weighted by Gasteiger charge is -2.36. The van der Waals surface area contributed by atoms with E-state index < -0.39 is 0 Å². The maximum Gasteiger partial charge on any atom is 0.126 e. The number of rotatable bonds is 6. The minimum Gasteiger partial charge on any atom is -0.317 e. The molecule has 1 aliphatic heterocycles. The lowest BCUT2D eigenvalue weighted by Crippen LogP contribution is -2.42. The van der Waals surface area contributed by atoms with Gasteiger partial charge in [-0.15, -0.1) is 0 Å². The maximum absolute atomic E-state index is 13.7. The predicted octanol–water partition coefficient (Wildman–Crippen LogP) is 3.08. The van der Waals surface area contributed by atoms with Crippen molar-refractivity contribution in [3.8, 4) is 0 Å². The summed E-state index contributed by atoms with van der Waals surface area (Å²) in [5.74, 6) is 0.744. The molecule has 0 amide bonds. The molecule has 1 atom stereocenters. The van der Waals surface area contributed by atoms with E-state index in [1.807, 2.05) is 12.1 Å². The van der Waals surface area contributed by atoms with Gasteiger partial charge in [0.05, 0.1) is 0 Å². The van der Waals surface area contributed by atoms with Crippen molar-refractivity contribution in [2.24, 2.45) is 5.92 Å². The lowest BCUT2D eigenvalue weighted by atomic mass is 9.94. The van der Waals surface area contributed by atoms with Crippen molar-refractivity contribution in [1.29, 1.82) is 0 Å². The number of piperidine rings is 1. The summed E-state index contributed by atoms with van der Waals surface area (Å²) in [5, 5.41) is 3.44. The van der Waals surface area contributed by atoms with Crippen molar-refractivity contribution < 1.29 is 4.39 Å². The molecular weight excluding hydrogens is 251 g/mol. The predicted molar refractivity (Wildman–Crippen MR) is 82.4 cm³/mol. The third-order valence-electron chi connectivity index (χ3n) is 4.43. The maximum atomic E-state index is 13.7. The molecule has 112 valence electrons. The Balaban J connectivity index is 1.80. The quantitative estimate of drug-likeness (QED) is 0.860. The molecule has 0 aliphatic carbocycles. The second-order valence-electron chi connectivity index (χ2n) is 5.93. The average molecular weight is 278 g/mol. The molecule has 1 unspecified atom stereocenters. The van der Waals surface area contributed by atoms with Gasteiger partial charge in [-0.2, -0.15) is 0 Å². The third kappa shape index (κ3) is 4.29. The van der Waals surface area contributed by atoms with Gasteiger partial charge < -0.3 is 10.2 Å². The zero-order valence-electron chi connectivity index (χ0n) is 12.7. The highest BCUT2D eigenvalue weighted by atomic mass is 19.1. The second-order valence-corrected chi connectivity index (χ2v) is 5.93. The van der Waals surface area contributed by atoms with Gasteiger partial charge in [0.15, 0.2) is 0 Å². The lowest BCUT2D eigenvalue weighted by molar-refractivity contribution is 0.139. The van der Waals surface area contributed by atoms with Gasteiger partial charge in [-0.3, -0.25) is 0 Å². The molecule has 0 saturated carbocycles. The van der Waals surface area contributed by atoms with E-state index in [2.05, 4.69) is 24.1 Å². The van der Waals surface area contributed by atoms with E-state index in [9.17, 15) is 4.39 Å². The Morgan fingerprint density at radius 3 is 2.65 bits per heavy atom. The number of nitrogens with zero attached hydrogens (tertiary/aromatic N) is 1. The van der Waals surface area contributed by atoms with E-state index in [1.54, 1.807) is 12.1 Å². The molecule has 20 heavy (non-hydrogen) atoms. The number of hydrogen-bond donors (Lipinski definition) is 1. The Bertz CT molecular complexity index is 400. The summed E-state index contributed by atoms with van der Waals surface area (Å²) in [6, 6.07) is 7.57. The molecule has 1 heterocycles. The highest BCUT2D eigenvalue weighted by Gasteiger charge is 2.22. The molecule has 1 saturated heterocycles. The fourth-order valence-electron chi connectivity index (χ4n) is 3.06. The standard InChI is InChI=1S/C17H27FN2/c1-3-19-13-15-8-10-20(11-9-15)14(2)12-16-6-4-5-7-17(16)18/h4-7,14-15,19H,3,8-13H2,1-2H3. The SMILES string of the molecule is CCNCC1CCN(C(C)Cc2ccccc2F)CC1. The molecule has 1 N–H and O–H groups in total. The second kappa shape index (κ2) is 7.75. The molecule has 2 nitrogen and oxygen atoms in total. The number of halogens is 1. The molecule has 0 spiro atoms. The Morgan fingerprint density at radius 2 is 2.00 bits per heavy atom. The van der Waals surface area contributed by atoms with Crippen LogP contribution in [0.1, 0.15) is 32.3 Å². The largest absolute Gasteiger partial charge is 0.317 e. The first-order chi connectivity index (χ1) is 9.70. The van der Waals surface area contributed by atoms with Gasteiger partial charge in [0.1, 0.15) is 5.82 Å². The smallest absolute Gasteiger partial charge is 0.126 e. The van der Waals surface area contributed by atoms with Crippen molar-refractivity contribution in [3.63, 3.8) is 0 Å². The van der Waals surface area contributed by atoms with Gasteiger partial charge in [0.2, 0.25) is 0 Å². The molecule has 1 fully saturated rings. The van der Waals surface area contributed by atoms with Gasteiger partial charge in [-0.05, 0) is 69.9 Å². The summed E-state index contributed by atoms with van der Waals surface area (Å²) in [7, 11) is 0. The number of hydrogen-bond acceptors (Lipinski definition) is 2. The molecule has 2 rings (SSSR count). The molecule has 0 radical (unpaired) electrons. The van der Waals surface area contributed by atoms with Crippen molar-refractivity contribution in [3.05, 3.63) is 35.6 Å². The first-order valence-electron chi connectivity index (χ1n) is 7.89. The molecule has 3 heteroatoms. The van der Waals surface area contributed by atoms with Gasteiger partial charge >= 0.3 is 0 Å². The molecule has 0 bridgehead atoms. The molecule has 1 aromatic carbocycles. The van der Waals surface area contributed by atoms with Crippen LogP contribution in [0.5, 0.6) is 0 Å². The van der Waals surface area contributed by atoms with E-state index >= 15 is 0 Å². The van der Waals surface area contributed by atoms with E-state index in [4.69, 9.17) is 0 Å². The summed E-state index contributed by atoms with van der Waals surface area (Å²) in [6.45, 7) is 8.87. The van der Waals surface area contributed by atoms with Crippen LogP contribution in [0, 0.1) is 11.7 Å². The summed E-state index contributed by atoms with van der Waals surface area (Å²) in [6.07, 6.45) is 3.33. The number of nitrogens with one attached hydrogen (secondary N) is 1. The van der Waals surface area contributed by atoms with Crippen molar-refractivity contribution >= 4 is 0 Å². The minimum atomic E-state index is -0.0682. The Hall–Kier alpha value is -0.930. The summed E-state index contributed by atoms with van der Waals surface area (Å²) in [5.41, 5.74) is 0.842. The van der Waals surface area contributed by atoms with Crippen LogP contribution >= 0.6 is 0 Å². The van der Waals surface area contributed by atoms with Gasteiger partial charge in [-0.25, -0.2) is 4.39 Å². The topological polar surface area (TPSA) is 15.3 Å². The van der Waals surface area contributed by atoms with Crippen LogP contribution in [0.15, 0.2) is 24.3 Å². The van der Waals surface area contributed by atoms with Crippen LogP contribution in [0.3, 0.4) is 0 Å². The first-order valence-corrected chi connectivity index (χ1v) is 7.89. The van der Waals surface area contributed by atoms with Gasteiger partial charge in [-0.1, -0.05) is 25.1 Å². The van der Waals surface area contributed by atoms with Crippen LogP contribution in [0.2, 0.25) is 0 Å². The summed E-state index contributed by atoms with van der Waals surface area (Å²) >= 11 is 0. The third-order valence-corrected chi connectivity index (χ3v) is 4.43. The number of benzene rings is 1. The van der Waals surface area contributed by atoms with Crippen LogP contribution < -0.4 is 5.32 Å². The molecule has 0 aromatic heterocycles. The minimum absolute atomic E-state index is 0.0682. The summed E-state index contributed by atoms with van der Waals surface area (Å²) < 4.78 is 13.7. The number of likely N-dealkylation sites (tertiary alicyclic amines) is 1. The van der Waals surface area contributed by atoms with Crippen LogP contribution in [0.25, 0.3) is 0 Å². The highest BCUT2D eigenvalue weighted by Crippen LogP contribution is 2.20. The van der Waals surface area contributed by atoms with E-state index in [0.29, 0.717) is 6.04 Å². The van der Waals surface area contributed by atoms with E-state index in [-0.39, 0.29) is 5.82 Å². The zero-order chi connectivity index (χ0) is 14.4. The summed E-state index contributed by atoms with van der Waals surface area (Å²) in [4.78, 5) is 2.51. The van der Waals surface area contributed by atoms with E-state index in [0.717, 1.165) is 44.1 Å². The Morgan fingerprint density at radius 1 is 1.30 bits per heavy atom. The van der Waals surface area contributed by atoms with Crippen molar-refractivity contribution in [2.75, 3.05) is 26.2 Å². The van der Waals surface area contributed by atoms with Gasteiger partial charge in [0.25, 0.3) is 0 Å². The monoisotopic (exact) mass is 278 g/mol. The highest BCUT2D eigenvalue weighted by molar-refractivity contribution is 5.18. The Labute approximate surface area is 122 Å². The Kier molecular flexibility index (Phi) is 5.99. The van der Waals surface area contributed by atoms with Crippen molar-refractivity contribution in [2.45, 2.75) is 39.2 Å². The van der Waals surface area contributed by atoms with Crippen LogP contribution in [-0.2, 0) is 6.42 Å². The average Bonchev–Trinajstić information content (AvgIpc) is 2.48. The van der Waals surface area contributed by atoms with Crippen LogP contribution in [0.4, 0.5) is 4.39 Å². The van der Waals surface area contributed by atoms with Crippen molar-refractivity contribution in [1.82, 2.24) is 10.2 Å². The molecule has 1 aliphatic rings. The van der Waals surface area contributed by atoms with Crippen LogP contribution in [-0.4, -0.2) is 37.1 Å². The molecular formula is C17H27FN2.